The molecule has 0 bridgehead atoms. The Bertz CT molecular complexity index is 1450. The number of furan rings is 1. The fourth-order valence-electron chi connectivity index (χ4n) is 4.18. The highest BCUT2D eigenvalue weighted by Gasteiger charge is 2.18. The number of hydrogen-bond acceptors (Lipinski definition) is 4. The smallest absolute Gasteiger partial charge is 0.291 e. The molecule has 0 aliphatic heterocycles. The van der Waals surface area contributed by atoms with Crippen LogP contribution in [0.5, 0.6) is 0 Å². The molecule has 3 aromatic carbocycles. The number of sulfonamides is 1. The molecule has 1 amide bonds. The molecule has 4 rings (SSSR count). The van der Waals surface area contributed by atoms with Gasteiger partial charge in [-0.3, -0.25) is 4.79 Å². The third kappa shape index (κ3) is 4.55. The van der Waals surface area contributed by atoms with E-state index >= 15 is 0 Å². The summed E-state index contributed by atoms with van der Waals surface area (Å²) in [6, 6.07) is 17.9. The first-order valence-corrected chi connectivity index (χ1v) is 12.1. The van der Waals surface area contributed by atoms with Crippen molar-refractivity contribution in [3.8, 4) is 0 Å². The average molecular weight is 463 g/mol. The number of carbonyl (C=O) groups is 1. The summed E-state index contributed by atoms with van der Waals surface area (Å²) in [4.78, 5) is 13.1. The molecular formula is C26H26N2O4S. The number of benzene rings is 3. The van der Waals surface area contributed by atoms with Crippen LogP contribution in [0.3, 0.4) is 0 Å². The van der Waals surface area contributed by atoms with Gasteiger partial charge >= 0.3 is 0 Å². The number of hydrogen-bond donors (Lipinski definition) is 2. The summed E-state index contributed by atoms with van der Waals surface area (Å²) in [6.07, 6.45) is 0.602. The van der Waals surface area contributed by atoms with Crippen molar-refractivity contribution in [2.75, 3.05) is 12.4 Å². The number of rotatable bonds is 6. The van der Waals surface area contributed by atoms with E-state index in [-0.39, 0.29) is 10.7 Å². The van der Waals surface area contributed by atoms with Gasteiger partial charge in [0.25, 0.3) is 5.91 Å². The summed E-state index contributed by atoms with van der Waals surface area (Å²) >= 11 is 0. The molecule has 0 spiro atoms. The van der Waals surface area contributed by atoms with Crippen LogP contribution in [0, 0.1) is 20.8 Å². The Balaban J connectivity index is 1.60. The van der Waals surface area contributed by atoms with Crippen LogP contribution < -0.4 is 10.0 Å². The van der Waals surface area contributed by atoms with Gasteiger partial charge in [0.2, 0.25) is 10.0 Å². The van der Waals surface area contributed by atoms with E-state index in [2.05, 4.69) is 42.9 Å². The minimum atomic E-state index is -3.64. The molecule has 1 heterocycles. The fourth-order valence-corrected chi connectivity index (χ4v) is 5.12. The van der Waals surface area contributed by atoms with Crippen LogP contribution in [0.25, 0.3) is 10.8 Å². The van der Waals surface area contributed by atoms with Crippen LogP contribution in [0.2, 0.25) is 0 Å². The predicted molar refractivity (Wildman–Crippen MR) is 130 cm³/mol. The number of fused-ring (bicyclic) bond motifs is 1. The summed E-state index contributed by atoms with van der Waals surface area (Å²) in [5, 5.41) is 4.01. The maximum absolute atomic E-state index is 12.9. The van der Waals surface area contributed by atoms with Gasteiger partial charge in [-0.05, 0) is 68.8 Å². The first kappa shape index (κ1) is 22.8. The van der Waals surface area contributed by atoms with Gasteiger partial charge in [0.15, 0.2) is 5.76 Å². The lowest BCUT2D eigenvalue weighted by molar-refractivity contribution is 0.0995. The van der Waals surface area contributed by atoms with Crippen LogP contribution >= 0.6 is 0 Å². The molecule has 0 aliphatic rings. The zero-order valence-corrected chi connectivity index (χ0v) is 19.8. The number of anilines is 1. The maximum atomic E-state index is 12.9. The van der Waals surface area contributed by atoms with E-state index < -0.39 is 15.9 Å². The van der Waals surface area contributed by atoms with Gasteiger partial charge in [-0.25, -0.2) is 13.1 Å². The number of aryl methyl sites for hydroxylation is 3. The third-order valence-electron chi connectivity index (χ3n) is 5.77. The van der Waals surface area contributed by atoms with E-state index in [9.17, 15) is 13.2 Å². The lowest BCUT2D eigenvalue weighted by Gasteiger charge is -2.11. The van der Waals surface area contributed by atoms with Crippen LogP contribution in [0.1, 0.15) is 38.6 Å². The highest BCUT2D eigenvalue weighted by Crippen LogP contribution is 2.29. The molecule has 7 heteroatoms. The average Bonchev–Trinajstić information content (AvgIpc) is 3.25. The molecule has 0 saturated carbocycles. The Morgan fingerprint density at radius 2 is 1.58 bits per heavy atom. The molecule has 170 valence electrons. The Hall–Kier alpha value is -3.42. The molecule has 0 saturated heterocycles. The molecule has 0 fully saturated rings. The Labute approximate surface area is 193 Å². The number of amides is 1. The molecule has 4 aromatic rings. The molecule has 0 radical (unpaired) electrons. The Kier molecular flexibility index (Phi) is 6.10. The summed E-state index contributed by atoms with van der Waals surface area (Å²) in [5.74, 6) is 0.506. The van der Waals surface area contributed by atoms with Crippen molar-refractivity contribution >= 4 is 32.4 Å². The van der Waals surface area contributed by atoms with Gasteiger partial charge in [0, 0.05) is 22.9 Å². The molecule has 2 N–H and O–H groups in total. The van der Waals surface area contributed by atoms with E-state index in [1.165, 1.54) is 35.4 Å². The molecular weight excluding hydrogens is 436 g/mol. The number of carbonyl (C=O) groups excluding carboxylic acids is 1. The molecule has 6 nitrogen and oxygen atoms in total. The summed E-state index contributed by atoms with van der Waals surface area (Å²) in [6.45, 7) is 6.23. The first-order valence-electron chi connectivity index (χ1n) is 10.6. The minimum absolute atomic E-state index is 0.155. The normalized spacial score (nSPS) is 11.6. The molecule has 33 heavy (non-hydrogen) atoms. The van der Waals surface area contributed by atoms with Crippen molar-refractivity contribution in [3.63, 3.8) is 0 Å². The van der Waals surface area contributed by atoms with Gasteiger partial charge in [-0.1, -0.05) is 42.0 Å². The van der Waals surface area contributed by atoms with Gasteiger partial charge in [-0.15, -0.1) is 0 Å². The SMILES string of the molecule is CNS(=O)(=O)c1cccc2c(NC(=O)c3ccc(Cc4c(C)cc(C)cc4C)o3)cccc12. The quantitative estimate of drug-likeness (QED) is 0.417. The van der Waals surface area contributed by atoms with Crippen LogP contribution in [-0.4, -0.2) is 21.4 Å². The second-order valence-electron chi connectivity index (χ2n) is 8.14. The van der Waals surface area contributed by atoms with Crippen molar-refractivity contribution < 1.29 is 17.6 Å². The lowest BCUT2D eigenvalue weighted by atomic mass is 9.97. The van der Waals surface area contributed by atoms with Crippen LogP contribution in [-0.2, 0) is 16.4 Å². The van der Waals surface area contributed by atoms with E-state index in [0.717, 1.165) is 0 Å². The van der Waals surface area contributed by atoms with Gasteiger partial charge < -0.3 is 9.73 Å². The highest BCUT2D eigenvalue weighted by molar-refractivity contribution is 7.89. The zero-order valence-electron chi connectivity index (χ0n) is 19.0. The van der Waals surface area contributed by atoms with Crippen molar-refractivity contribution in [3.05, 3.63) is 94.4 Å². The zero-order chi connectivity index (χ0) is 23.8. The topological polar surface area (TPSA) is 88.4 Å². The molecule has 0 unspecified atom stereocenters. The number of nitrogens with one attached hydrogen (secondary N) is 2. The fraction of sp³-hybridized carbons (Fsp3) is 0.192. The van der Waals surface area contributed by atoms with Crippen molar-refractivity contribution in [2.24, 2.45) is 0 Å². The van der Waals surface area contributed by atoms with Crippen molar-refractivity contribution in [1.82, 2.24) is 4.72 Å². The second-order valence-corrected chi connectivity index (χ2v) is 9.99. The summed E-state index contributed by atoms with van der Waals surface area (Å²) in [7, 11) is -2.27. The highest BCUT2D eigenvalue weighted by atomic mass is 32.2. The Morgan fingerprint density at radius 1 is 0.909 bits per heavy atom. The second kappa shape index (κ2) is 8.84. The maximum Gasteiger partial charge on any atom is 0.291 e. The predicted octanol–water partition coefficient (Wildman–Crippen LogP) is 5.11. The van der Waals surface area contributed by atoms with Gasteiger partial charge in [0.1, 0.15) is 5.76 Å². The standard InChI is InChI=1S/C26H26N2O4S/c1-16-13-17(2)22(18(3)14-16)15-19-11-12-24(32-19)26(29)28-23-9-5-8-21-20(23)7-6-10-25(21)33(30,31)27-4/h5-14,27H,15H2,1-4H3,(H,28,29). The largest absolute Gasteiger partial charge is 0.456 e. The third-order valence-corrected chi connectivity index (χ3v) is 7.24. The lowest BCUT2D eigenvalue weighted by Crippen LogP contribution is -2.19. The van der Waals surface area contributed by atoms with Crippen LogP contribution in [0.4, 0.5) is 5.69 Å². The van der Waals surface area contributed by atoms with Crippen molar-refractivity contribution in [1.29, 1.82) is 0 Å². The molecule has 1 aromatic heterocycles. The summed E-state index contributed by atoms with van der Waals surface area (Å²) in [5.41, 5.74) is 5.30. The van der Waals surface area contributed by atoms with E-state index in [1.807, 2.05) is 6.07 Å². The van der Waals surface area contributed by atoms with E-state index in [0.29, 0.717) is 28.6 Å². The first-order chi connectivity index (χ1) is 15.7. The monoisotopic (exact) mass is 462 g/mol. The Morgan fingerprint density at radius 3 is 2.27 bits per heavy atom. The summed E-state index contributed by atoms with van der Waals surface area (Å²) < 4.78 is 32.9. The molecule has 0 atom stereocenters. The van der Waals surface area contributed by atoms with Crippen LogP contribution in [0.15, 0.2) is 70.0 Å². The van der Waals surface area contributed by atoms with Crippen molar-refractivity contribution in [2.45, 2.75) is 32.1 Å². The van der Waals surface area contributed by atoms with Gasteiger partial charge in [-0.2, -0.15) is 0 Å². The van der Waals surface area contributed by atoms with E-state index in [1.54, 1.807) is 36.4 Å². The minimum Gasteiger partial charge on any atom is -0.456 e. The molecule has 0 aliphatic carbocycles. The van der Waals surface area contributed by atoms with Gasteiger partial charge in [0.05, 0.1) is 4.90 Å². The van der Waals surface area contributed by atoms with E-state index in [4.69, 9.17) is 4.42 Å².